The van der Waals surface area contributed by atoms with E-state index in [0.29, 0.717) is 17.3 Å². The Morgan fingerprint density at radius 3 is 2.48 bits per heavy atom. The van der Waals surface area contributed by atoms with Gasteiger partial charge in [0.25, 0.3) is 0 Å². The summed E-state index contributed by atoms with van der Waals surface area (Å²) in [6, 6.07) is 12.9. The van der Waals surface area contributed by atoms with E-state index in [2.05, 4.69) is 31.9 Å². The lowest BCUT2D eigenvalue weighted by atomic mass is 10.00. The van der Waals surface area contributed by atoms with Crippen molar-refractivity contribution in [2.24, 2.45) is 0 Å². The molecule has 0 aliphatic carbocycles. The molecular formula is C17H14Br2O3S. The fourth-order valence-electron chi connectivity index (χ4n) is 2.43. The summed E-state index contributed by atoms with van der Waals surface area (Å²) >= 11 is 6.73. The van der Waals surface area contributed by atoms with Gasteiger partial charge >= 0.3 is 0 Å². The number of halogens is 2. The van der Waals surface area contributed by atoms with Gasteiger partial charge in [-0.2, -0.15) is 0 Å². The summed E-state index contributed by atoms with van der Waals surface area (Å²) in [6.45, 7) is 0.553. The Hall–Kier alpha value is -1.11. The van der Waals surface area contributed by atoms with Gasteiger partial charge in [-0.05, 0) is 42.3 Å². The van der Waals surface area contributed by atoms with Gasteiger partial charge in [-0.15, -0.1) is 0 Å². The molecule has 1 heterocycles. The van der Waals surface area contributed by atoms with E-state index in [1.807, 2.05) is 36.4 Å². The van der Waals surface area contributed by atoms with Crippen LogP contribution in [0.25, 0.3) is 5.57 Å². The molecular weight excluding hydrogens is 444 g/mol. The average molecular weight is 458 g/mol. The zero-order valence-corrected chi connectivity index (χ0v) is 16.1. The van der Waals surface area contributed by atoms with E-state index in [9.17, 15) is 8.42 Å². The number of rotatable bonds is 5. The highest BCUT2D eigenvalue weighted by molar-refractivity contribution is 9.10. The van der Waals surface area contributed by atoms with E-state index in [4.69, 9.17) is 4.74 Å². The SMILES string of the molecule is O=S1(=O)C=C(c2ccc(Br)cc2)c2ccc(OCCCBr)cc21. The fourth-order valence-corrected chi connectivity index (χ4v) is 4.39. The third-order valence-corrected chi connectivity index (χ3v) is 6.11. The Bertz CT molecular complexity index is 856. The predicted octanol–water partition coefficient (Wildman–Crippen LogP) is 4.79. The van der Waals surface area contributed by atoms with Gasteiger partial charge in [-0.3, -0.25) is 0 Å². The minimum atomic E-state index is -3.43. The van der Waals surface area contributed by atoms with Gasteiger partial charge in [0.2, 0.25) is 9.84 Å². The van der Waals surface area contributed by atoms with Crippen LogP contribution in [-0.4, -0.2) is 20.4 Å². The number of sulfone groups is 1. The maximum Gasteiger partial charge on any atom is 0.201 e. The lowest BCUT2D eigenvalue weighted by Gasteiger charge is -2.09. The predicted molar refractivity (Wildman–Crippen MR) is 98.8 cm³/mol. The Morgan fingerprint density at radius 1 is 1.04 bits per heavy atom. The quantitative estimate of drug-likeness (QED) is 0.478. The summed E-state index contributed by atoms with van der Waals surface area (Å²) in [5.74, 6) is 0.582. The number of hydrogen-bond donors (Lipinski definition) is 0. The van der Waals surface area contributed by atoms with Crippen LogP contribution in [0.15, 0.2) is 57.2 Å². The molecule has 23 heavy (non-hydrogen) atoms. The molecule has 3 nitrogen and oxygen atoms in total. The number of hydrogen-bond acceptors (Lipinski definition) is 3. The summed E-state index contributed by atoms with van der Waals surface area (Å²) in [7, 11) is -3.43. The van der Waals surface area contributed by atoms with E-state index >= 15 is 0 Å². The number of ether oxygens (including phenoxy) is 1. The molecule has 1 aliphatic rings. The van der Waals surface area contributed by atoms with Crippen LogP contribution in [0.5, 0.6) is 5.75 Å². The molecule has 0 N–H and O–H groups in total. The Labute approximate surface area is 152 Å². The van der Waals surface area contributed by atoms with Gasteiger partial charge in [-0.25, -0.2) is 8.42 Å². The maximum absolute atomic E-state index is 12.4. The molecule has 3 rings (SSSR count). The first kappa shape index (κ1) is 16.7. The van der Waals surface area contributed by atoms with Crippen LogP contribution < -0.4 is 4.74 Å². The molecule has 1 aliphatic heterocycles. The molecule has 0 bridgehead atoms. The highest BCUT2D eigenvalue weighted by atomic mass is 79.9. The molecule has 0 saturated carbocycles. The molecule has 0 spiro atoms. The second-order valence-electron chi connectivity index (χ2n) is 5.13. The van der Waals surface area contributed by atoms with E-state index in [1.165, 1.54) is 5.41 Å². The molecule has 0 radical (unpaired) electrons. The molecule has 0 aromatic heterocycles. The third kappa shape index (κ3) is 3.54. The van der Waals surface area contributed by atoms with Crippen molar-refractivity contribution in [3.05, 3.63) is 63.5 Å². The van der Waals surface area contributed by atoms with Crippen LogP contribution in [0.3, 0.4) is 0 Å². The van der Waals surface area contributed by atoms with Crippen molar-refractivity contribution in [2.75, 3.05) is 11.9 Å². The molecule has 120 valence electrons. The van der Waals surface area contributed by atoms with E-state index in [1.54, 1.807) is 6.07 Å². The standard InChI is InChI=1S/C17H14Br2O3S/c18-8-1-9-22-14-6-7-15-16(11-23(20,21)17(15)10-14)12-2-4-13(19)5-3-12/h2-7,10-11H,1,8-9H2. The Balaban J connectivity index is 1.98. The van der Waals surface area contributed by atoms with Crippen LogP contribution in [0.4, 0.5) is 0 Å². The summed E-state index contributed by atoms with van der Waals surface area (Å²) < 4.78 is 31.4. The van der Waals surface area contributed by atoms with Gasteiger partial charge in [0.15, 0.2) is 0 Å². The van der Waals surface area contributed by atoms with Gasteiger partial charge in [0, 0.05) is 26.3 Å². The van der Waals surface area contributed by atoms with Crippen LogP contribution in [-0.2, 0) is 9.84 Å². The first-order valence-electron chi connectivity index (χ1n) is 7.07. The van der Waals surface area contributed by atoms with Crippen molar-refractivity contribution in [1.82, 2.24) is 0 Å². The van der Waals surface area contributed by atoms with Gasteiger partial charge in [0.05, 0.1) is 11.5 Å². The Morgan fingerprint density at radius 2 is 1.78 bits per heavy atom. The molecule has 0 fully saturated rings. The molecule has 0 atom stereocenters. The van der Waals surface area contributed by atoms with Crippen LogP contribution >= 0.6 is 31.9 Å². The van der Waals surface area contributed by atoms with Gasteiger partial charge in [-0.1, -0.05) is 44.0 Å². The molecule has 0 amide bonds. The summed E-state index contributed by atoms with van der Waals surface area (Å²) in [5, 5.41) is 2.19. The second kappa shape index (κ2) is 6.79. The summed E-state index contributed by atoms with van der Waals surface area (Å²) in [4.78, 5) is 0.312. The molecule has 2 aromatic carbocycles. The van der Waals surface area contributed by atoms with E-state index in [-0.39, 0.29) is 0 Å². The highest BCUT2D eigenvalue weighted by Crippen LogP contribution is 2.39. The van der Waals surface area contributed by atoms with E-state index < -0.39 is 9.84 Å². The number of alkyl halides is 1. The minimum absolute atomic E-state index is 0.312. The van der Waals surface area contributed by atoms with Gasteiger partial charge < -0.3 is 4.74 Å². The van der Waals surface area contributed by atoms with Crippen molar-refractivity contribution < 1.29 is 13.2 Å². The highest BCUT2D eigenvalue weighted by Gasteiger charge is 2.28. The van der Waals surface area contributed by atoms with Gasteiger partial charge in [0.1, 0.15) is 5.75 Å². The van der Waals surface area contributed by atoms with Crippen molar-refractivity contribution in [3.63, 3.8) is 0 Å². The Kier molecular flexibility index (Phi) is 4.94. The van der Waals surface area contributed by atoms with Crippen LogP contribution in [0.1, 0.15) is 17.5 Å². The topological polar surface area (TPSA) is 43.4 Å². The molecule has 0 unspecified atom stereocenters. The average Bonchev–Trinajstić information content (AvgIpc) is 2.80. The first-order chi connectivity index (χ1) is 11.0. The largest absolute Gasteiger partial charge is 0.494 e. The zero-order valence-electron chi connectivity index (χ0n) is 12.1. The normalized spacial score (nSPS) is 15.1. The smallest absolute Gasteiger partial charge is 0.201 e. The van der Waals surface area contributed by atoms with Crippen molar-refractivity contribution >= 4 is 47.3 Å². The minimum Gasteiger partial charge on any atom is -0.494 e. The molecule has 2 aromatic rings. The van der Waals surface area contributed by atoms with Crippen LogP contribution in [0.2, 0.25) is 0 Å². The fraction of sp³-hybridized carbons (Fsp3) is 0.176. The zero-order chi connectivity index (χ0) is 16.4. The summed E-state index contributed by atoms with van der Waals surface area (Å²) in [6.07, 6.45) is 0.867. The monoisotopic (exact) mass is 456 g/mol. The third-order valence-electron chi connectivity index (χ3n) is 3.52. The van der Waals surface area contributed by atoms with Crippen LogP contribution in [0, 0.1) is 0 Å². The molecule has 0 saturated heterocycles. The lowest BCUT2D eigenvalue weighted by Crippen LogP contribution is -2.00. The number of fused-ring (bicyclic) bond motifs is 1. The second-order valence-corrected chi connectivity index (χ2v) is 8.61. The lowest BCUT2D eigenvalue weighted by molar-refractivity contribution is 0.318. The summed E-state index contributed by atoms with van der Waals surface area (Å²) in [5.41, 5.74) is 2.32. The number of benzene rings is 2. The molecule has 6 heteroatoms. The van der Waals surface area contributed by atoms with Crippen molar-refractivity contribution in [2.45, 2.75) is 11.3 Å². The maximum atomic E-state index is 12.4. The van der Waals surface area contributed by atoms with Crippen molar-refractivity contribution in [3.8, 4) is 5.75 Å². The van der Waals surface area contributed by atoms with E-state index in [0.717, 1.165) is 32.9 Å². The van der Waals surface area contributed by atoms with Crippen molar-refractivity contribution in [1.29, 1.82) is 0 Å². The first-order valence-corrected chi connectivity index (χ1v) is 10.5.